The number of carbonyl (C=O) groups excluding carboxylic acids is 1. The number of ether oxygens (including phenoxy) is 2. The van der Waals surface area contributed by atoms with Crippen molar-refractivity contribution in [3.05, 3.63) is 0 Å². The van der Waals surface area contributed by atoms with E-state index in [9.17, 15) is 4.79 Å². The third kappa shape index (κ3) is 5.06. The number of hydrogen-bond acceptors (Lipinski definition) is 5. The molecule has 0 heterocycles. The fourth-order valence-electron chi connectivity index (χ4n) is 0.598. The summed E-state index contributed by atoms with van der Waals surface area (Å²) in [6.45, 7) is 0.762. The lowest BCUT2D eigenvalue weighted by Crippen LogP contribution is -2.26. The fourth-order valence-corrected chi connectivity index (χ4v) is 0.598. The van der Waals surface area contributed by atoms with Gasteiger partial charge in [-0.2, -0.15) is 0 Å². The van der Waals surface area contributed by atoms with Gasteiger partial charge < -0.3 is 20.3 Å². The monoisotopic (exact) mass is 177 g/mol. The Morgan fingerprint density at radius 3 is 2.75 bits per heavy atom. The molecule has 0 spiro atoms. The van der Waals surface area contributed by atoms with Crippen LogP contribution in [-0.2, 0) is 14.3 Å². The Bertz CT molecular complexity index is 129. The predicted octanol–water partition coefficient (Wildman–Crippen LogP) is -1.11. The second-order valence-electron chi connectivity index (χ2n) is 2.25. The van der Waals surface area contributed by atoms with Gasteiger partial charge in [-0.15, -0.1) is 0 Å². The number of carbonyl (C=O) groups is 1. The zero-order valence-electron chi connectivity index (χ0n) is 7.16. The van der Waals surface area contributed by atoms with Crippen molar-refractivity contribution in [2.75, 3.05) is 26.9 Å². The first-order valence-electron chi connectivity index (χ1n) is 3.76. The molecule has 5 heteroatoms. The molecule has 0 unspecified atom stereocenters. The van der Waals surface area contributed by atoms with Crippen molar-refractivity contribution in [1.82, 2.24) is 0 Å². The van der Waals surface area contributed by atoms with Crippen LogP contribution in [0.2, 0.25) is 0 Å². The first-order valence-corrected chi connectivity index (χ1v) is 3.76. The molecule has 0 aliphatic rings. The zero-order valence-corrected chi connectivity index (χ0v) is 7.16. The van der Waals surface area contributed by atoms with Crippen molar-refractivity contribution in [3.63, 3.8) is 0 Å². The quantitative estimate of drug-likeness (QED) is 0.397. The summed E-state index contributed by atoms with van der Waals surface area (Å²) in [5, 5.41) is 9.02. The van der Waals surface area contributed by atoms with Gasteiger partial charge in [0.2, 0.25) is 0 Å². The van der Waals surface area contributed by atoms with Gasteiger partial charge in [0.15, 0.2) is 6.10 Å². The smallest absolute Gasteiger partial charge is 0.335 e. The van der Waals surface area contributed by atoms with Crippen LogP contribution in [0.25, 0.3) is 0 Å². The van der Waals surface area contributed by atoms with Crippen molar-refractivity contribution in [1.29, 1.82) is 0 Å². The van der Waals surface area contributed by atoms with Gasteiger partial charge in [0, 0.05) is 7.11 Å². The van der Waals surface area contributed by atoms with Crippen molar-refractivity contribution in [3.8, 4) is 0 Å². The number of aliphatic hydroxyl groups excluding tert-OH is 1. The van der Waals surface area contributed by atoms with Crippen LogP contribution in [0.1, 0.15) is 6.42 Å². The molecule has 0 saturated heterocycles. The van der Waals surface area contributed by atoms with E-state index in [1.54, 1.807) is 0 Å². The Morgan fingerprint density at radius 2 is 2.25 bits per heavy atom. The maximum atomic E-state index is 10.8. The molecule has 0 aromatic rings. The van der Waals surface area contributed by atoms with Gasteiger partial charge in [-0.05, 0) is 13.0 Å². The highest BCUT2D eigenvalue weighted by molar-refractivity contribution is 5.74. The molecule has 0 aliphatic carbocycles. The molecule has 0 rings (SSSR count). The predicted molar refractivity (Wildman–Crippen MR) is 42.5 cm³/mol. The number of methoxy groups -OCH3 is 1. The van der Waals surface area contributed by atoms with Crippen LogP contribution in [0.4, 0.5) is 0 Å². The van der Waals surface area contributed by atoms with Crippen LogP contribution >= 0.6 is 0 Å². The molecule has 5 nitrogen and oxygen atoms in total. The summed E-state index contributed by atoms with van der Waals surface area (Å²) in [6.07, 6.45) is -0.877. The second-order valence-corrected chi connectivity index (χ2v) is 2.25. The molecule has 0 amide bonds. The van der Waals surface area contributed by atoms with E-state index in [0.29, 0.717) is 6.61 Å². The number of hydrogen-bond donors (Lipinski definition) is 2. The molecule has 3 N–H and O–H groups in total. The fraction of sp³-hybridized carbons (Fsp3) is 0.857. The summed E-state index contributed by atoms with van der Waals surface area (Å²) in [5.74, 6) is -0.641. The van der Waals surface area contributed by atoms with Crippen molar-refractivity contribution in [2.45, 2.75) is 12.5 Å². The van der Waals surface area contributed by atoms with Crippen LogP contribution in [-0.4, -0.2) is 44.0 Å². The largest absolute Gasteiger partial charge is 0.461 e. The average molecular weight is 177 g/mol. The Morgan fingerprint density at radius 1 is 1.58 bits per heavy atom. The molecule has 0 fully saturated rings. The first kappa shape index (κ1) is 11.4. The van der Waals surface area contributed by atoms with Crippen LogP contribution < -0.4 is 5.73 Å². The second kappa shape index (κ2) is 7.02. The third-order valence-corrected chi connectivity index (χ3v) is 1.24. The lowest BCUT2D eigenvalue weighted by Gasteiger charge is -2.08. The molecule has 72 valence electrons. The van der Waals surface area contributed by atoms with Gasteiger partial charge in [-0.3, -0.25) is 0 Å². The van der Waals surface area contributed by atoms with E-state index < -0.39 is 12.1 Å². The van der Waals surface area contributed by atoms with Crippen molar-refractivity contribution in [2.24, 2.45) is 5.73 Å². The Balaban J connectivity index is 3.43. The van der Waals surface area contributed by atoms with E-state index in [-0.39, 0.29) is 19.6 Å². The molecule has 0 aliphatic heterocycles. The molecular formula is C7H15NO4. The summed E-state index contributed by atoms with van der Waals surface area (Å²) in [5.41, 5.74) is 5.13. The molecule has 12 heavy (non-hydrogen) atoms. The maximum absolute atomic E-state index is 10.8. The molecule has 0 saturated carbocycles. The summed E-state index contributed by atoms with van der Waals surface area (Å²) >= 11 is 0. The number of aliphatic hydroxyl groups is 1. The van der Waals surface area contributed by atoms with E-state index in [0.717, 1.165) is 0 Å². The Kier molecular flexibility index (Phi) is 6.64. The van der Waals surface area contributed by atoms with Crippen LogP contribution in [0.5, 0.6) is 0 Å². The van der Waals surface area contributed by atoms with Crippen molar-refractivity contribution < 1.29 is 19.4 Å². The SMILES string of the molecule is COCCOC(=O)[C@@H](O)CCN. The Hall–Kier alpha value is -0.650. The average Bonchev–Trinajstić information content (AvgIpc) is 2.05. The van der Waals surface area contributed by atoms with Gasteiger partial charge in [0.1, 0.15) is 6.61 Å². The van der Waals surface area contributed by atoms with Crippen LogP contribution in [0.3, 0.4) is 0 Å². The highest BCUT2D eigenvalue weighted by atomic mass is 16.6. The van der Waals surface area contributed by atoms with Crippen molar-refractivity contribution >= 4 is 5.97 Å². The number of nitrogens with two attached hydrogens (primary N) is 1. The molecule has 0 aromatic heterocycles. The minimum Gasteiger partial charge on any atom is -0.461 e. The third-order valence-electron chi connectivity index (χ3n) is 1.24. The standard InChI is InChI=1S/C7H15NO4/c1-11-4-5-12-7(10)6(9)2-3-8/h6,9H,2-5,8H2,1H3/t6-/m0/s1. The van der Waals surface area contributed by atoms with E-state index in [1.165, 1.54) is 7.11 Å². The van der Waals surface area contributed by atoms with E-state index in [4.69, 9.17) is 10.8 Å². The van der Waals surface area contributed by atoms with Gasteiger partial charge in [0.25, 0.3) is 0 Å². The molecule has 0 radical (unpaired) electrons. The number of rotatable bonds is 6. The summed E-state index contributed by atoms with van der Waals surface area (Å²) in [4.78, 5) is 10.8. The lowest BCUT2D eigenvalue weighted by atomic mass is 10.2. The van der Waals surface area contributed by atoms with Crippen LogP contribution in [0, 0.1) is 0 Å². The normalized spacial score (nSPS) is 12.6. The highest BCUT2D eigenvalue weighted by Crippen LogP contribution is 1.92. The van der Waals surface area contributed by atoms with Gasteiger partial charge in [-0.25, -0.2) is 4.79 Å². The molecule has 0 bridgehead atoms. The maximum Gasteiger partial charge on any atom is 0.335 e. The summed E-state index contributed by atoms with van der Waals surface area (Å²) < 4.78 is 9.28. The van der Waals surface area contributed by atoms with Gasteiger partial charge in [-0.1, -0.05) is 0 Å². The minimum absolute atomic E-state index is 0.164. The molecular weight excluding hydrogens is 162 g/mol. The molecule has 1 atom stereocenters. The van der Waals surface area contributed by atoms with E-state index in [2.05, 4.69) is 9.47 Å². The van der Waals surface area contributed by atoms with E-state index >= 15 is 0 Å². The van der Waals surface area contributed by atoms with Crippen LogP contribution in [0.15, 0.2) is 0 Å². The topological polar surface area (TPSA) is 81.8 Å². The van der Waals surface area contributed by atoms with Gasteiger partial charge in [0.05, 0.1) is 6.61 Å². The molecule has 0 aromatic carbocycles. The first-order chi connectivity index (χ1) is 5.72. The van der Waals surface area contributed by atoms with E-state index in [1.807, 2.05) is 0 Å². The number of esters is 1. The lowest BCUT2D eigenvalue weighted by molar-refractivity contribution is -0.154. The summed E-state index contributed by atoms with van der Waals surface area (Å²) in [7, 11) is 1.50. The highest BCUT2D eigenvalue weighted by Gasteiger charge is 2.14. The Labute approximate surface area is 71.5 Å². The minimum atomic E-state index is -1.10. The zero-order chi connectivity index (χ0) is 9.40. The van der Waals surface area contributed by atoms with Gasteiger partial charge >= 0.3 is 5.97 Å². The summed E-state index contributed by atoms with van der Waals surface area (Å²) in [6, 6.07) is 0.